The number of hydrogen-bond acceptors (Lipinski definition) is 6. The maximum absolute atomic E-state index is 5.41. The Morgan fingerprint density at radius 2 is 0.921 bits per heavy atom. The van der Waals surface area contributed by atoms with Crippen molar-refractivity contribution in [2.45, 2.75) is 0 Å². The molecular formula is C30H20Br2N2O2S2. The number of fused-ring (bicyclic) bond motifs is 1. The van der Waals surface area contributed by atoms with Crippen LogP contribution < -0.4 is 9.47 Å². The average Bonchev–Trinajstić information content (AvgIpc) is 3.59. The van der Waals surface area contributed by atoms with Crippen molar-refractivity contribution in [2.24, 2.45) is 0 Å². The van der Waals surface area contributed by atoms with Crippen LogP contribution in [-0.2, 0) is 0 Å². The van der Waals surface area contributed by atoms with E-state index >= 15 is 0 Å². The van der Waals surface area contributed by atoms with Crippen molar-refractivity contribution >= 4 is 65.6 Å². The van der Waals surface area contributed by atoms with Gasteiger partial charge in [-0.1, -0.05) is 12.1 Å². The number of hydrogen-bond donors (Lipinski definition) is 0. The Balaban J connectivity index is 1.68. The molecule has 0 radical (unpaired) electrons. The number of ether oxygens (including phenoxy) is 2. The number of halogens is 2. The lowest BCUT2D eigenvalue weighted by atomic mass is 10.0. The summed E-state index contributed by atoms with van der Waals surface area (Å²) >= 11 is 10.6. The minimum Gasteiger partial charge on any atom is -0.497 e. The van der Waals surface area contributed by atoms with Gasteiger partial charge < -0.3 is 9.47 Å². The summed E-state index contributed by atoms with van der Waals surface area (Å²) in [4.78, 5) is 13.0. The normalized spacial score (nSPS) is 11.2. The summed E-state index contributed by atoms with van der Waals surface area (Å²) in [7, 11) is 3.34. The molecule has 38 heavy (non-hydrogen) atoms. The Labute approximate surface area is 245 Å². The highest BCUT2D eigenvalue weighted by Gasteiger charge is 2.20. The summed E-state index contributed by atoms with van der Waals surface area (Å²) in [6, 6.07) is 28.6. The fourth-order valence-corrected chi connectivity index (χ4v) is 7.18. The molecule has 0 aliphatic rings. The van der Waals surface area contributed by atoms with E-state index in [9.17, 15) is 0 Å². The van der Waals surface area contributed by atoms with Crippen LogP contribution in [0.2, 0.25) is 0 Å². The van der Waals surface area contributed by atoms with E-state index in [0.29, 0.717) is 0 Å². The van der Waals surface area contributed by atoms with Crippen LogP contribution in [0.1, 0.15) is 0 Å². The molecule has 0 unspecified atom stereocenters. The molecule has 0 fully saturated rings. The van der Waals surface area contributed by atoms with Crippen LogP contribution in [0.3, 0.4) is 0 Å². The van der Waals surface area contributed by atoms with Crippen LogP contribution in [0.15, 0.2) is 92.5 Å². The van der Waals surface area contributed by atoms with E-state index in [4.69, 9.17) is 19.4 Å². The van der Waals surface area contributed by atoms with Crippen molar-refractivity contribution in [1.82, 2.24) is 9.97 Å². The second-order valence-electron chi connectivity index (χ2n) is 8.44. The monoisotopic (exact) mass is 662 g/mol. The Kier molecular flexibility index (Phi) is 7.05. The van der Waals surface area contributed by atoms with Gasteiger partial charge in [0.15, 0.2) is 0 Å². The molecule has 0 aliphatic carbocycles. The first-order valence-electron chi connectivity index (χ1n) is 11.7. The summed E-state index contributed by atoms with van der Waals surface area (Å²) in [6.45, 7) is 0. The average molecular weight is 664 g/mol. The number of methoxy groups -OCH3 is 2. The molecule has 6 aromatic rings. The lowest BCUT2D eigenvalue weighted by molar-refractivity contribution is 0.414. The van der Waals surface area contributed by atoms with Crippen LogP contribution in [0.4, 0.5) is 0 Å². The first kappa shape index (κ1) is 25.2. The molecule has 0 aliphatic heterocycles. The predicted octanol–water partition coefficient (Wildman–Crippen LogP) is 9.96. The highest BCUT2D eigenvalue weighted by molar-refractivity contribution is 9.11. The number of rotatable bonds is 6. The van der Waals surface area contributed by atoms with E-state index in [-0.39, 0.29) is 0 Å². The van der Waals surface area contributed by atoms with Gasteiger partial charge in [-0.15, -0.1) is 22.7 Å². The zero-order valence-corrected chi connectivity index (χ0v) is 25.2. The van der Waals surface area contributed by atoms with E-state index in [1.54, 1.807) is 36.9 Å². The standard InChI is InChI=1S/C30H20Br2N2O2S2/c1-35-19-7-3-17(4-8-19)27-28(18-5-9-20(36-2)10-6-18)34-30-22(24-14-16-26(32)38-24)12-11-21(29(30)33-27)23-13-15-25(31)37-23/h3-16H,1-2H3. The Hall–Kier alpha value is -3.04. The Bertz CT molecular complexity index is 1630. The third-order valence-electron chi connectivity index (χ3n) is 6.23. The molecule has 6 rings (SSSR count). The molecule has 8 heteroatoms. The summed E-state index contributed by atoms with van der Waals surface area (Å²) in [5, 5.41) is 0. The van der Waals surface area contributed by atoms with Crippen LogP contribution in [0.25, 0.3) is 54.4 Å². The molecule has 0 saturated heterocycles. The molecule has 4 nitrogen and oxygen atoms in total. The van der Waals surface area contributed by atoms with Crippen LogP contribution in [-0.4, -0.2) is 24.2 Å². The van der Waals surface area contributed by atoms with Crippen molar-refractivity contribution < 1.29 is 9.47 Å². The zero-order chi connectivity index (χ0) is 26.2. The first-order chi connectivity index (χ1) is 18.5. The van der Waals surface area contributed by atoms with E-state index in [1.807, 2.05) is 48.5 Å². The maximum Gasteiger partial charge on any atom is 0.118 e. The van der Waals surface area contributed by atoms with Gasteiger partial charge >= 0.3 is 0 Å². The van der Waals surface area contributed by atoms with Gasteiger partial charge in [-0.05, 0) is 105 Å². The van der Waals surface area contributed by atoms with Gasteiger partial charge in [0.1, 0.15) is 11.5 Å². The van der Waals surface area contributed by atoms with Crippen molar-refractivity contribution in [1.29, 1.82) is 0 Å². The van der Waals surface area contributed by atoms with E-state index in [1.165, 1.54) is 0 Å². The largest absolute Gasteiger partial charge is 0.497 e. The van der Waals surface area contributed by atoms with E-state index in [2.05, 4.69) is 68.3 Å². The molecule has 0 saturated carbocycles. The second-order valence-corrected chi connectivity index (χ2v) is 13.4. The summed E-state index contributed by atoms with van der Waals surface area (Å²) in [5.74, 6) is 1.59. The Morgan fingerprint density at radius 1 is 0.526 bits per heavy atom. The summed E-state index contributed by atoms with van der Waals surface area (Å²) in [6.07, 6.45) is 0. The highest BCUT2D eigenvalue weighted by Crippen LogP contribution is 2.43. The Morgan fingerprint density at radius 3 is 1.24 bits per heavy atom. The number of aromatic nitrogens is 2. The van der Waals surface area contributed by atoms with Gasteiger partial charge in [0.2, 0.25) is 0 Å². The lowest BCUT2D eigenvalue weighted by Crippen LogP contribution is -1.98. The minimum absolute atomic E-state index is 0.795. The van der Waals surface area contributed by atoms with Gasteiger partial charge in [0.05, 0.1) is 44.2 Å². The fraction of sp³-hybridized carbons (Fsp3) is 0.0667. The molecule has 3 aromatic carbocycles. The predicted molar refractivity (Wildman–Crippen MR) is 166 cm³/mol. The molecule has 0 N–H and O–H groups in total. The van der Waals surface area contributed by atoms with Gasteiger partial charge in [0, 0.05) is 32.0 Å². The van der Waals surface area contributed by atoms with Gasteiger partial charge in [0.25, 0.3) is 0 Å². The number of thiophene rings is 2. The van der Waals surface area contributed by atoms with Crippen molar-refractivity contribution in [2.75, 3.05) is 14.2 Å². The van der Waals surface area contributed by atoms with Gasteiger partial charge in [-0.2, -0.15) is 0 Å². The maximum atomic E-state index is 5.41. The molecule has 3 heterocycles. The third kappa shape index (κ3) is 4.78. The topological polar surface area (TPSA) is 44.2 Å². The lowest BCUT2D eigenvalue weighted by Gasteiger charge is -2.15. The highest BCUT2D eigenvalue weighted by atomic mass is 79.9. The van der Waals surface area contributed by atoms with Crippen LogP contribution >= 0.6 is 54.5 Å². The zero-order valence-electron chi connectivity index (χ0n) is 20.4. The third-order valence-corrected chi connectivity index (χ3v) is 9.54. The van der Waals surface area contributed by atoms with Crippen molar-refractivity contribution in [3.8, 4) is 54.9 Å². The van der Waals surface area contributed by atoms with Gasteiger partial charge in [-0.3, -0.25) is 0 Å². The van der Waals surface area contributed by atoms with E-state index in [0.717, 1.165) is 73.5 Å². The molecule has 0 spiro atoms. The number of benzene rings is 3. The van der Waals surface area contributed by atoms with Crippen molar-refractivity contribution in [3.05, 3.63) is 92.5 Å². The van der Waals surface area contributed by atoms with Gasteiger partial charge in [-0.25, -0.2) is 9.97 Å². The fourth-order valence-electron chi connectivity index (χ4n) is 4.35. The quantitative estimate of drug-likeness (QED) is 0.178. The molecule has 3 aromatic heterocycles. The van der Waals surface area contributed by atoms with Crippen LogP contribution in [0, 0.1) is 0 Å². The molecule has 0 amide bonds. The molecular weight excluding hydrogens is 644 g/mol. The summed E-state index contributed by atoms with van der Waals surface area (Å²) < 4.78 is 13.0. The summed E-state index contributed by atoms with van der Waals surface area (Å²) in [5.41, 5.74) is 7.40. The number of nitrogens with zero attached hydrogens (tertiary/aromatic N) is 2. The first-order valence-corrected chi connectivity index (χ1v) is 14.9. The molecule has 188 valence electrons. The molecule has 0 bridgehead atoms. The van der Waals surface area contributed by atoms with Crippen molar-refractivity contribution in [3.63, 3.8) is 0 Å². The molecule has 0 atom stereocenters. The van der Waals surface area contributed by atoms with E-state index < -0.39 is 0 Å². The SMILES string of the molecule is COc1ccc(-c2nc3c(-c4ccc(Br)s4)ccc(-c4ccc(Br)s4)c3nc2-c2ccc(OC)cc2)cc1. The smallest absolute Gasteiger partial charge is 0.118 e. The second kappa shape index (κ2) is 10.6. The van der Waals surface area contributed by atoms with Crippen LogP contribution in [0.5, 0.6) is 11.5 Å². The minimum atomic E-state index is 0.795.